The van der Waals surface area contributed by atoms with E-state index < -0.39 is 0 Å². The Morgan fingerprint density at radius 2 is 2.24 bits per heavy atom. The van der Waals surface area contributed by atoms with Gasteiger partial charge in [-0.3, -0.25) is 0 Å². The second-order valence-electron chi connectivity index (χ2n) is 4.91. The number of nitrogens with zero attached hydrogens (tertiary/aromatic N) is 2. The van der Waals surface area contributed by atoms with E-state index in [4.69, 9.17) is 10.9 Å². The van der Waals surface area contributed by atoms with Gasteiger partial charge in [0.2, 0.25) is 0 Å². The molecule has 0 aliphatic rings. The molecule has 4 N–H and O–H groups in total. The standard InChI is InChI=1S/C15H20N4OS/c1-10-7-12(15(16)19-20)3-4-13(10)8-17-6-5-14-9-21-11(2)18-14/h3-4,7,9,17,20H,5-6,8H2,1-2H3,(H2,16,19). The Labute approximate surface area is 128 Å². The zero-order chi connectivity index (χ0) is 15.2. The first-order valence-electron chi connectivity index (χ1n) is 6.79. The monoisotopic (exact) mass is 304 g/mol. The molecule has 0 saturated carbocycles. The van der Waals surface area contributed by atoms with Crippen molar-refractivity contribution in [3.05, 3.63) is 51.0 Å². The van der Waals surface area contributed by atoms with Crippen molar-refractivity contribution in [2.45, 2.75) is 26.8 Å². The second kappa shape index (κ2) is 7.19. The molecule has 0 radical (unpaired) electrons. The lowest BCUT2D eigenvalue weighted by atomic mass is 10.0. The number of nitrogens with one attached hydrogen (secondary N) is 1. The van der Waals surface area contributed by atoms with Gasteiger partial charge in [-0.2, -0.15) is 0 Å². The van der Waals surface area contributed by atoms with Gasteiger partial charge in [0.1, 0.15) is 0 Å². The van der Waals surface area contributed by atoms with E-state index in [1.807, 2.05) is 32.0 Å². The van der Waals surface area contributed by atoms with Crippen molar-refractivity contribution >= 4 is 17.2 Å². The minimum Gasteiger partial charge on any atom is -0.409 e. The van der Waals surface area contributed by atoms with Gasteiger partial charge in [-0.15, -0.1) is 11.3 Å². The van der Waals surface area contributed by atoms with Crippen LogP contribution in [0.4, 0.5) is 0 Å². The lowest BCUT2D eigenvalue weighted by Gasteiger charge is -2.09. The van der Waals surface area contributed by atoms with Crippen molar-refractivity contribution in [2.75, 3.05) is 6.54 Å². The quantitative estimate of drug-likeness (QED) is 0.251. The number of rotatable bonds is 6. The Hall–Kier alpha value is -1.92. The second-order valence-corrected chi connectivity index (χ2v) is 5.97. The van der Waals surface area contributed by atoms with Crippen LogP contribution in [0.1, 0.15) is 27.4 Å². The predicted octanol–water partition coefficient (Wildman–Crippen LogP) is 2.19. The van der Waals surface area contributed by atoms with Gasteiger partial charge in [0, 0.05) is 30.5 Å². The molecule has 1 aromatic heterocycles. The summed E-state index contributed by atoms with van der Waals surface area (Å²) >= 11 is 1.69. The Kier molecular flexibility index (Phi) is 5.30. The zero-order valence-corrected chi connectivity index (χ0v) is 13.1. The van der Waals surface area contributed by atoms with E-state index in [0.29, 0.717) is 0 Å². The smallest absolute Gasteiger partial charge is 0.170 e. The Bertz CT molecular complexity index is 636. The molecule has 2 rings (SSSR count). The van der Waals surface area contributed by atoms with Crippen LogP contribution in [0.25, 0.3) is 0 Å². The van der Waals surface area contributed by atoms with Gasteiger partial charge in [0.15, 0.2) is 5.84 Å². The fraction of sp³-hybridized carbons (Fsp3) is 0.333. The van der Waals surface area contributed by atoms with Gasteiger partial charge in [0.05, 0.1) is 10.7 Å². The van der Waals surface area contributed by atoms with Crippen molar-refractivity contribution in [3.8, 4) is 0 Å². The average molecular weight is 304 g/mol. The molecule has 21 heavy (non-hydrogen) atoms. The molecule has 1 heterocycles. The number of amidine groups is 1. The maximum Gasteiger partial charge on any atom is 0.170 e. The third kappa shape index (κ3) is 4.27. The molecular weight excluding hydrogens is 284 g/mol. The number of thiazole rings is 1. The number of hydrogen-bond donors (Lipinski definition) is 3. The molecule has 0 unspecified atom stereocenters. The van der Waals surface area contributed by atoms with E-state index in [0.717, 1.165) is 41.3 Å². The SMILES string of the molecule is Cc1nc(CCNCc2ccc(/C(N)=N/O)cc2C)cs1. The average Bonchev–Trinajstić information content (AvgIpc) is 2.89. The number of nitrogens with two attached hydrogens (primary N) is 1. The minimum absolute atomic E-state index is 0.136. The van der Waals surface area contributed by atoms with E-state index in [2.05, 4.69) is 20.8 Å². The molecule has 0 spiro atoms. The van der Waals surface area contributed by atoms with Gasteiger partial charge in [0.25, 0.3) is 0 Å². The molecule has 0 aliphatic heterocycles. The molecular formula is C15H20N4OS. The van der Waals surface area contributed by atoms with Crippen molar-refractivity contribution < 1.29 is 5.21 Å². The molecule has 2 aromatic rings. The number of oxime groups is 1. The van der Waals surface area contributed by atoms with E-state index in [1.54, 1.807) is 11.3 Å². The predicted molar refractivity (Wildman–Crippen MR) is 86.0 cm³/mol. The maximum absolute atomic E-state index is 8.68. The normalized spacial score (nSPS) is 11.8. The molecule has 6 heteroatoms. The first-order chi connectivity index (χ1) is 10.1. The largest absolute Gasteiger partial charge is 0.409 e. The minimum atomic E-state index is 0.136. The summed E-state index contributed by atoms with van der Waals surface area (Å²) in [5.41, 5.74) is 9.78. The Balaban J connectivity index is 1.86. The molecule has 0 amide bonds. The summed E-state index contributed by atoms with van der Waals surface area (Å²) in [6, 6.07) is 5.79. The first-order valence-corrected chi connectivity index (χ1v) is 7.67. The third-order valence-electron chi connectivity index (χ3n) is 3.29. The van der Waals surface area contributed by atoms with Crippen LogP contribution in [0.2, 0.25) is 0 Å². The fourth-order valence-corrected chi connectivity index (χ4v) is 2.72. The van der Waals surface area contributed by atoms with Crippen LogP contribution in [0.5, 0.6) is 0 Å². The summed E-state index contributed by atoms with van der Waals surface area (Å²) in [6.07, 6.45) is 0.936. The van der Waals surface area contributed by atoms with Crippen molar-refractivity contribution in [1.82, 2.24) is 10.3 Å². The van der Waals surface area contributed by atoms with E-state index in [9.17, 15) is 0 Å². The summed E-state index contributed by atoms with van der Waals surface area (Å²) in [6.45, 7) is 5.73. The van der Waals surface area contributed by atoms with Gasteiger partial charge in [-0.05, 0) is 31.0 Å². The molecule has 5 nitrogen and oxygen atoms in total. The topological polar surface area (TPSA) is 83.5 Å². The Morgan fingerprint density at radius 1 is 1.43 bits per heavy atom. The van der Waals surface area contributed by atoms with Crippen LogP contribution in [0.15, 0.2) is 28.7 Å². The highest BCUT2D eigenvalue weighted by Gasteiger charge is 2.04. The van der Waals surface area contributed by atoms with Crippen molar-refractivity contribution in [2.24, 2.45) is 10.9 Å². The van der Waals surface area contributed by atoms with E-state index in [1.165, 1.54) is 5.56 Å². The van der Waals surface area contributed by atoms with Crippen LogP contribution < -0.4 is 11.1 Å². The summed E-state index contributed by atoms with van der Waals surface area (Å²) in [5.74, 6) is 0.136. The van der Waals surface area contributed by atoms with Crippen molar-refractivity contribution in [1.29, 1.82) is 0 Å². The highest BCUT2D eigenvalue weighted by Crippen LogP contribution is 2.11. The van der Waals surface area contributed by atoms with Crippen LogP contribution in [-0.4, -0.2) is 22.6 Å². The third-order valence-corrected chi connectivity index (χ3v) is 4.11. The molecule has 112 valence electrons. The van der Waals surface area contributed by atoms with Crippen molar-refractivity contribution in [3.63, 3.8) is 0 Å². The highest BCUT2D eigenvalue weighted by molar-refractivity contribution is 7.09. The first kappa shape index (κ1) is 15.5. The van der Waals surface area contributed by atoms with Gasteiger partial charge < -0.3 is 16.3 Å². The van der Waals surface area contributed by atoms with Gasteiger partial charge >= 0.3 is 0 Å². The van der Waals surface area contributed by atoms with Crippen LogP contribution in [0.3, 0.4) is 0 Å². The van der Waals surface area contributed by atoms with Crippen LogP contribution in [0, 0.1) is 13.8 Å². The van der Waals surface area contributed by atoms with Gasteiger partial charge in [-0.1, -0.05) is 17.3 Å². The zero-order valence-electron chi connectivity index (χ0n) is 12.3. The highest BCUT2D eigenvalue weighted by atomic mass is 32.1. The van der Waals surface area contributed by atoms with E-state index in [-0.39, 0.29) is 5.84 Å². The van der Waals surface area contributed by atoms with Gasteiger partial charge in [-0.25, -0.2) is 4.98 Å². The summed E-state index contributed by atoms with van der Waals surface area (Å²) < 4.78 is 0. The summed E-state index contributed by atoms with van der Waals surface area (Å²) in [5, 5.41) is 18.3. The molecule has 0 aliphatic carbocycles. The molecule has 0 saturated heterocycles. The lowest BCUT2D eigenvalue weighted by Crippen LogP contribution is -2.18. The Morgan fingerprint density at radius 3 is 2.86 bits per heavy atom. The summed E-state index contributed by atoms with van der Waals surface area (Å²) in [4.78, 5) is 4.44. The van der Waals surface area contributed by atoms with E-state index >= 15 is 0 Å². The number of aryl methyl sites for hydroxylation is 2. The molecule has 0 bridgehead atoms. The maximum atomic E-state index is 8.68. The van der Waals surface area contributed by atoms with Crippen LogP contribution >= 0.6 is 11.3 Å². The lowest BCUT2D eigenvalue weighted by molar-refractivity contribution is 0.318. The molecule has 1 aromatic carbocycles. The molecule has 0 atom stereocenters. The van der Waals surface area contributed by atoms with Crippen LogP contribution in [-0.2, 0) is 13.0 Å². The number of hydrogen-bond acceptors (Lipinski definition) is 5. The fourth-order valence-electron chi connectivity index (χ4n) is 2.07. The number of benzene rings is 1. The molecule has 0 fully saturated rings. The number of aromatic nitrogens is 1. The summed E-state index contributed by atoms with van der Waals surface area (Å²) in [7, 11) is 0.